The van der Waals surface area contributed by atoms with E-state index >= 15 is 0 Å². The highest BCUT2D eigenvalue weighted by atomic mass is 16.5. The van der Waals surface area contributed by atoms with Crippen molar-refractivity contribution in [2.24, 2.45) is 5.92 Å². The fourth-order valence-corrected chi connectivity index (χ4v) is 1.99. The molecule has 1 rings (SSSR count). The Kier molecular flexibility index (Phi) is 5.36. The number of hydrogen-bond acceptors (Lipinski definition) is 4. The maximum Gasteiger partial charge on any atom is 0.220 e. The van der Waals surface area contributed by atoms with Crippen molar-refractivity contribution in [3.63, 3.8) is 0 Å². The second-order valence-electron chi connectivity index (χ2n) is 5.04. The molecule has 0 aromatic carbocycles. The van der Waals surface area contributed by atoms with Crippen LogP contribution in [0.3, 0.4) is 0 Å². The van der Waals surface area contributed by atoms with Crippen LogP contribution in [0.1, 0.15) is 33.1 Å². The lowest BCUT2D eigenvalue weighted by atomic mass is 9.79. The molecule has 0 saturated heterocycles. The largest absolute Gasteiger partial charge is 0.394 e. The summed E-state index contributed by atoms with van der Waals surface area (Å²) in [5.74, 6) is 0.253. The Hall–Kier alpha value is -0.650. The van der Waals surface area contributed by atoms with Gasteiger partial charge in [0.25, 0.3) is 0 Å². The van der Waals surface area contributed by atoms with Crippen molar-refractivity contribution in [2.75, 3.05) is 19.8 Å². The van der Waals surface area contributed by atoms with Gasteiger partial charge in [-0.1, -0.05) is 0 Å². The highest BCUT2D eigenvalue weighted by molar-refractivity contribution is 5.77. The number of rotatable bonds is 7. The topological polar surface area (TPSA) is 78.8 Å². The summed E-state index contributed by atoms with van der Waals surface area (Å²) in [5.41, 5.74) is -0.917. The molecule has 100 valence electrons. The van der Waals surface area contributed by atoms with Crippen LogP contribution < -0.4 is 5.32 Å². The molecule has 5 heteroatoms. The number of ether oxygens (including phenoxy) is 1. The summed E-state index contributed by atoms with van der Waals surface area (Å²) in [5, 5.41) is 20.8. The van der Waals surface area contributed by atoms with Crippen LogP contribution in [-0.4, -0.2) is 47.6 Å². The van der Waals surface area contributed by atoms with Crippen LogP contribution in [0.5, 0.6) is 0 Å². The van der Waals surface area contributed by atoms with Gasteiger partial charge in [-0.2, -0.15) is 0 Å². The minimum atomic E-state index is -0.917. The molecular formula is C12H23NO4. The van der Waals surface area contributed by atoms with E-state index in [2.05, 4.69) is 5.32 Å². The monoisotopic (exact) mass is 245 g/mol. The lowest BCUT2D eigenvalue weighted by Crippen LogP contribution is -2.52. The fraction of sp³-hybridized carbons (Fsp3) is 0.917. The predicted octanol–water partition coefficient (Wildman–Crippen LogP) is 0.0511. The van der Waals surface area contributed by atoms with Gasteiger partial charge in [0.1, 0.15) is 0 Å². The molecule has 0 aromatic rings. The van der Waals surface area contributed by atoms with Crippen molar-refractivity contribution < 1.29 is 19.7 Å². The van der Waals surface area contributed by atoms with Gasteiger partial charge in [-0.25, -0.2) is 0 Å². The number of carbonyl (C=O) groups is 1. The summed E-state index contributed by atoms with van der Waals surface area (Å²) >= 11 is 0. The van der Waals surface area contributed by atoms with E-state index in [1.807, 2.05) is 6.92 Å². The SMILES string of the molecule is CCOC1CC(CC(=O)NC(C)(CO)CO)C1. The first-order chi connectivity index (χ1) is 8.03. The van der Waals surface area contributed by atoms with Crippen molar-refractivity contribution >= 4 is 5.91 Å². The maximum atomic E-state index is 11.7. The van der Waals surface area contributed by atoms with Crippen molar-refractivity contribution in [1.29, 1.82) is 0 Å². The molecule has 0 bridgehead atoms. The molecule has 5 nitrogen and oxygen atoms in total. The summed E-state index contributed by atoms with van der Waals surface area (Å²) in [7, 11) is 0. The van der Waals surface area contributed by atoms with Crippen LogP contribution in [0.25, 0.3) is 0 Å². The first-order valence-electron chi connectivity index (χ1n) is 6.17. The molecule has 1 saturated carbocycles. The van der Waals surface area contributed by atoms with E-state index in [0.717, 1.165) is 19.4 Å². The van der Waals surface area contributed by atoms with Gasteiger partial charge in [-0.15, -0.1) is 0 Å². The number of nitrogens with one attached hydrogen (secondary N) is 1. The maximum absolute atomic E-state index is 11.7. The van der Waals surface area contributed by atoms with Gasteiger partial charge in [-0.05, 0) is 32.6 Å². The van der Waals surface area contributed by atoms with Crippen LogP contribution in [0.15, 0.2) is 0 Å². The number of aliphatic hydroxyl groups excluding tert-OH is 2. The quantitative estimate of drug-likeness (QED) is 0.592. The molecule has 0 radical (unpaired) electrons. The van der Waals surface area contributed by atoms with Crippen LogP contribution in [-0.2, 0) is 9.53 Å². The molecule has 0 unspecified atom stereocenters. The fourth-order valence-electron chi connectivity index (χ4n) is 1.99. The minimum Gasteiger partial charge on any atom is -0.394 e. The molecular weight excluding hydrogens is 222 g/mol. The van der Waals surface area contributed by atoms with Gasteiger partial charge in [0.05, 0.1) is 24.9 Å². The third-order valence-electron chi connectivity index (χ3n) is 3.21. The Morgan fingerprint density at radius 3 is 2.47 bits per heavy atom. The van der Waals surface area contributed by atoms with Crippen molar-refractivity contribution in [3.05, 3.63) is 0 Å². The van der Waals surface area contributed by atoms with Gasteiger partial charge in [0.2, 0.25) is 5.91 Å². The molecule has 1 amide bonds. The second kappa shape index (κ2) is 6.33. The lowest BCUT2D eigenvalue weighted by molar-refractivity contribution is -0.127. The van der Waals surface area contributed by atoms with E-state index in [-0.39, 0.29) is 19.1 Å². The molecule has 0 spiro atoms. The van der Waals surface area contributed by atoms with E-state index in [1.54, 1.807) is 6.92 Å². The zero-order chi connectivity index (χ0) is 12.9. The van der Waals surface area contributed by atoms with Gasteiger partial charge in [0.15, 0.2) is 0 Å². The Balaban J connectivity index is 2.23. The average molecular weight is 245 g/mol. The number of hydrogen-bond donors (Lipinski definition) is 3. The molecule has 1 aliphatic carbocycles. The Labute approximate surface area is 102 Å². The molecule has 0 aromatic heterocycles. The summed E-state index contributed by atoms with van der Waals surface area (Å²) in [6.45, 7) is 3.78. The minimum absolute atomic E-state index is 0.115. The molecule has 1 fully saturated rings. The highest BCUT2D eigenvalue weighted by Gasteiger charge is 2.32. The first kappa shape index (κ1) is 14.4. The molecule has 1 aliphatic rings. The zero-order valence-electron chi connectivity index (χ0n) is 10.6. The summed E-state index contributed by atoms with van der Waals surface area (Å²) < 4.78 is 5.42. The van der Waals surface area contributed by atoms with Crippen LogP contribution in [0, 0.1) is 5.92 Å². The molecule has 0 atom stereocenters. The predicted molar refractivity (Wildman–Crippen MR) is 63.5 cm³/mol. The van der Waals surface area contributed by atoms with E-state index in [0.29, 0.717) is 18.4 Å². The van der Waals surface area contributed by atoms with Gasteiger partial charge in [0, 0.05) is 13.0 Å². The van der Waals surface area contributed by atoms with Gasteiger partial charge >= 0.3 is 0 Å². The van der Waals surface area contributed by atoms with Crippen LogP contribution in [0.4, 0.5) is 0 Å². The van der Waals surface area contributed by atoms with Gasteiger partial charge < -0.3 is 20.3 Å². The number of amides is 1. The van der Waals surface area contributed by atoms with Crippen molar-refractivity contribution in [1.82, 2.24) is 5.32 Å². The Bertz CT molecular complexity index is 247. The lowest BCUT2D eigenvalue weighted by Gasteiger charge is -2.35. The zero-order valence-corrected chi connectivity index (χ0v) is 10.6. The van der Waals surface area contributed by atoms with E-state index in [9.17, 15) is 4.79 Å². The van der Waals surface area contributed by atoms with Crippen molar-refractivity contribution in [2.45, 2.75) is 44.8 Å². The molecule has 3 N–H and O–H groups in total. The molecule has 17 heavy (non-hydrogen) atoms. The second-order valence-corrected chi connectivity index (χ2v) is 5.04. The van der Waals surface area contributed by atoms with E-state index in [1.165, 1.54) is 0 Å². The Morgan fingerprint density at radius 2 is 2.00 bits per heavy atom. The van der Waals surface area contributed by atoms with Crippen molar-refractivity contribution in [3.8, 4) is 0 Å². The standard InChI is InChI=1S/C12H23NO4/c1-3-17-10-4-9(5-10)6-11(16)13-12(2,7-14)8-15/h9-10,14-15H,3-8H2,1-2H3,(H,13,16). The van der Waals surface area contributed by atoms with Crippen LogP contribution in [0.2, 0.25) is 0 Å². The number of carbonyl (C=O) groups excluding carboxylic acids is 1. The molecule has 0 aliphatic heterocycles. The molecule has 0 heterocycles. The summed E-state index contributed by atoms with van der Waals surface area (Å²) in [4.78, 5) is 11.7. The third kappa shape index (κ3) is 4.26. The average Bonchev–Trinajstić information content (AvgIpc) is 2.26. The summed E-state index contributed by atoms with van der Waals surface area (Å²) in [6, 6.07) is 0. The van der Waals surface area contributed by atoms with Crippen LogP contribution >= 0.6 is 0 Å². The van der Waals surface area contributed by atoms with E-state index in [4.69, 9.17) is 14.9 Å². The highest BCUT2D eigenvalue weighted by Crippen LogP contribution is 2.32. The summed E-state index contributed by atoms with van der Waals surface area (Å²) in [6.07, 6.45) is 2.60. The number of aliphatic hydroxyl groups is 2. The first-order valence-corrected chi connectivity index (χ1v) is 6.17. The van der Waals surface area contributed by atoms with E-state index < -0.39 is 5.54 Å². The normalized spacial score (nSPS) is 24.2. The third-order valence-corrected chi connectivity index (χ3v) is 3.21. The Morgan fingerprint density at radius 1 is 1.41 bits per heavy atom. The smallest absolute Gasteiger partial charge is 0.220 e. The van der Waals surface area contributed by atoms with Gasteiger partial charge in [-0.3, -0.25) is 4.79 Å².